The minimum absolute atomic E-state index is 0.328. The second kappa shape index (κ2) is 4.18. The largest absolute Gasteiger partial charge is 0.329 e. The Kier molecular flexibility index (Phi) is 3.08. The number of aryl methyl sites for hydroxylation is 1. The van der Waals surface area contributed by atoms with E-state index in [1.54, 1.807) is 0 Å². The first kappa shape index (κ1) is 11.0. The van der Waals surface area contributed by atoms with Gasteiger partial charge in [0.15, 0.2) is 0 Å². The number of rotatable bonds is 3. The van der Waals surface area contributed by atoms with Crippen LogP contribution in [0, 0.1) is 12.8 Å². The summed E-state index contributed by atoms with van der Waals surface area (Å²) in [5.74, 6) is 0.853. The highest BCUT2D eigenvalue weighted by atomic mass is 32.2. The van der Waals surface area contributed by atoms with E-state index in [1.165, 1.54) is 23.3 Å². The van der Waals surface area contributed by atoms with Crippen molar-refractivity contribution < 1.29 is 0 Å². The zero-order valence-corrected chi connectivity index (χ0v) is 10.3. The van der Waals surface area contributed by atoms with E-state index in [0.29, 0.717) is 4.75 Å². The molecule has 1 fully saturated rings. The van der Waals surface area contributed by atoms with Gasteiger partial charge in [0.25, 0.3) is 0 Å². The summed E-state index contributed by atoms with van der Waals surface area (Å²) in [6.07, 6.45) is 2.53. The molecule has 2 heteroatoms. The first-order valence-corrected chi connectivity index (χ1v) is 6.41. The van der Waals surface area contributed by atoms with Crippen LogP contribution in [0.1, 0.15) is 25.3 Å². The van der Waals surface area contributed by atoms with Gasteiger partial charge in [-0.3, -0.25) is 0 Å². The average Bonchev–Trinajstić information content (AvgIpc) is 2.18. The Balaban J connectivity index is 2.04. The summed E-state index contributed by atoms with van der Waals surface area (Å²) in [5, 5.41) is 0. The van der Waals surface area contributed by atoms with Gasteiger partial charge in [0.05, 0.1) is 0 Å². The quantitative estimate of drug-likeness (QED) is 0.848. The molecule has 1 aliphatic rings. The van der Waals surface area contributed by atoms with Crippen LogP contribution in [0.25, 0.3) is 0 Å². The van der Waals surface area contributed by atoms with E-state index < -0.39 is 0 Å². The Bertz CT molecular complexity index is 325. The van der Waals surface area contributed by atoms with Crippen molar-refractivity contribution in [2.24, 2.45) is 11.7 Å². The molecule has 15 heavy (non-hydrogen) atoms. The molecule has 82 valence electrons. The van der Waals surface area contributed by atoms with Gasteiger partial charge < -0.3 is 5.73 Å². The van der Waals surface area contributed by atoms with Crippen LogP contribution in [-0.2, 0) is 0 Å². The molecule has 0 atom stereocenters. The molecular weight excluding hydrogens is 202 g/mol. The van der Waals surface area contributed by atoms with E-state index in [2.05, 4.69) is 38.1 Å². The van der Waals surface area contributed by atoms with E-state index >= 15 is 0 Å². The van der Waals surface area contributed by atoms with Crippen molar-refractivity contribution in [3.8, 4) is 0 Å². The van der Waals surface area contributed by atoms with Gasteiger partial charge in [-0.25, -0.2) is 0 Å². The Hall–Kier alpha value is -0.470. The second-order valence-corrected chi connectivity index (χ2v) is 6.36. The number of benzene rings is 1. The molecule has 0 heterocycles. The van der Waals surface area contributed by atoms with Gasteiger partial charge in [-0.1, -0.05) is 24.6 Å². The van der Waals surface area contributed by atoms with Crippen molar-refractivity contribution >= 4 is 11.8 Å². The van der Waals surface area contributed by atoms with Crippen molar-refractivity contribution in [2.45, 2.75) is 36.3 Å². The summed E-state index contributed by atoms with van der Waals surface area (Å²) in [4.78, 5) is 1.36. The summed E-state index contributed by atoms with van der Waals surface area (Å²) in [5.41, 5.74) is 7.21. The van der Waals surface area contributed by atoms with Crippen LogP contribution in [-0.4, -0.2) is 11.3 Å². The standard InChI is InChI=1S/C13H19NS/c1-10-3-5-12(6-4-10)15-13(9-14)7-11(2)8-13/h3-6,11H,7-9,14H2,1-2H3. The molecule has 0 amide bonds. The lowest BCUT2D eigenvalue weighted by Gasteiger charge is -2.45. The maximum atomic E-state index is 5.89. The molecule has 1 saturated carbocycles. The summed E-state index contributed by atoms with van der Waals surface area (Å²) < 4.78 is 0.328. The fraction of sp³-hybridized carbons (Fsp3) is 0.538. The lowest BCUT2D eigenvalue weighted by molar-refractivity contribution is 0.257. The van der Waals surface area contributed by atoms with Crippen LogP contribution < -0.4 is 5.73 Å². The number of hydrogen-bond acceptors (Lipinski definition) is 2. The highest BCUT2D eigenvalue weighted by molar-refractivity contribution is 8.00. The molecule has 2 rings (SSSR count). The Labute approximate surface area is 96.4 Å². The van der Waals surface area contributed by atoms with E-state index in [4.69, 9.17) is 5.73 Å². The highest BCUT2D eigenvalue weighted by Crippen LogP contribution is 2.49. The molecule has 0 unspecified atom stereocenters. The molecule has 0 spiro atoms. The van der Waals surface area contributed by atoms with Gasteiger partial charge in [-0.05, 0) is 37.8 Å². The Morgan fingerprint density at radius 1 is 1.33 bits per heavy atom. The molecule has 0 saturated heterocycles. The SMILES string of the molecule is Cc1ccc(SC2(CN)CC(C)C2)cc1. The maximum absolute atomic E-state index is 5.89. The van der Waals surface area contributed by atoms with Crippen LogP contribution in [0.15, 0.2) is 29.2 Å². The lowest BCUT2D eigenvalue weighted by atomic mass is 9.75. The number of hydrogen-bond donors (Lipinski definition) is 1. The zero-order valence-electron chi connectivity index (χ0n) is 9.49. The van der Waals surface area contributed by atoms with Crippen LogP contribution in [0.4, 0.5) is 0 Å². The smallest absolute Gasteiger partial charge is 0.0334 e. The van der Waals surface area contributed by atoms with Gasteiger partial charge in [-0.2, -0.15) is 0 Å². The van der Waals surface area contributed by atoms with Crippen LogP contribution in [0.3, 0.4) is 0 Å². The van der Waals surface area contributed by atoms with Gasteiger partial charge in [0.2, 0.25) is 0 Å². The van der Waals surface area contributed by atoms with E-state index in [9.17, 15) is 0 Å². The molecular formula is C13H19NS. The van der Waals surface area contributed by atoms with Crippen LogP contribution in [0.2, 0.25) is 0 Å². The summed E-state index contributed by atoms with van der Waals surface area (Å²) in [6, 6.07) is 8.77. The van der Waals surface area contributed by atoms with E-state index in [0.717, 1.165) is 12.5 Å². The van der Waals surface area contributed by atoms with E-state index in [1.807, 2.05) is 11.8 Å². The van der Waals surface area contributed by atoms with Crippen LogP contribution >= 0.6 is 11.8 Å². The van der Waals surface area contributed by atoms with Gasteiger partial charge in [0.1, 0.15) is 0 Å². The summed E-state index contributed by atoms with van der Waals surface area (Å²) in [6.45, 7) is 5.23. The van der Waals surface area contributed by atoms with Crippen molar-refractivity contribution in [1.29, 1.82) is 0 Å². The summed E-state index contributed by atoms with van der Waals surface area (Å²) in [7, 11) is 0. The summed E-state index contributed by atoms with van der Waals surface area (Å²) >= 11 is 1.97. The monoisotopic (exact) mass is 221 g/mol. The molecule has 2 N–H and O–H groups in total. The fourth-order valence-electron chi connectivity index (χ4n) is 2.36. The predicted molar refractivity (Wildman–Crippen MR) is 67.2 cm³/mol. The molecule has 1 aliphatic carbocycles. The fourth-order valence-corrected chi connectivity index (χ4v) is 3.95. The van der Waals surface area contributed by atoms with Gasteiger partial charge >= 0.3 is 0 Å². The van der Waals surface area contributed by atoms with Crippen LogP contribution in [0.5, 0.6) is 0 Å². The molecule has 1 nitrogen and oxygen atoms in total. The Morgan fingerprint density at radius 2 is 1.93 bits per heavy atom. The Morgan fingerprint density at radius 3 is 2.40 bits per heavy atom. The molecule has 0 bridgehead atoms. The first-order valence-electron chi connectivity index (χ1n) is 5.59. The molecule has 0 aliphatic heterocycles. The van der Waals surface area contributed by atoms with Crippen molar-refractivity contribution in [1.82, 2.24) is 0 Å². The van der Waals surface area contributed by atoms with E-state index in [-0.39, 0.29) is 0 Å². The normalized spacial score (nSPS) is 29.9. The highest BCUT2D eigenvalue weighted by Gasteiger charge is 2.41. The van der Waals surface area contributed by atoms with Gasteiger partial charge in [0, 0.05) is 16.2 Å². The third-order valence-corrected chi connectivity index (χ3v) is 4.61. The van der Waals surface area contributed by atoms with Gasteiger partial charge in [-0.15, -0.1) is 11.8 Å². The minimum atomic E-state index is 0.328. The second-order valence-electron chi connectivity index (χ2n) is 4.82. The first-order chi connectivity index (χ1) is 7.13. The van der Waals surface area contributed by atoms with Crippen molar-refractivity contribution in [2.75, 3.05) is 6.54 Å². The topological polar surface area (TPSA) is 26.0 Å². The third-order valence-electron chi connectivity index (χ3n) is 3.17. The average molecular weight is 221 g/mol. The minimum Gasteiger partial charge on any atom is -0.329 e. The lowest BCUT2D eigenvalue weighted by Crippen LogP contribution is -2.45. The molecule has 0 aromatic heterocycles. The third kappa shape index (κ3) is 2.37. The zero-order chi connectivity index (χ0) is 10.9. The molecule has 1 aromatic carbocycles. The molecule has 1 aromatic rings. The number of nitrogens with two attached hydrogens (primary N) is 1. The number of thioether (sulfide) groups is 1. The molecule has 0 radical (unpaired) electrons. The van der Waals surface area contributed by atoms with Crippen molar-refractivity contribution in [3.63, 3.8) is 0 Å². The van der Waals surface area contributed by atoms with Crippen molar-refractivity contribution in [3.05, 3.63) is 29.8 Å². The maximum Gasteiger partial charge on any atom is 0.0334 e. The predicted octanol–water partition coefficient (Wildman–Crippen LogP) is 3.21.